The second kappa shape index (κ2) is 7.45. The van der Waals surface area contributed by atoms with Crippen LogP contribution in [0.5, 0.6) is 0 Å². The highest BCUT2D eigenvalue weighted by Crippen LogP contribution is 2.39. The summed E-state index contributed by atoms with van der Waals surface area (Å²) >= 11 is 3.58. The van der Waals surface area contributed by atoms with E-state index in [1.165, 1.54) is 62.0 Å². The Morgan fingerprint density at radius 3 is 2.76 bits per heavy atom. The molecule has 21 heavy (non-hydrogen) atoms. The highest BCUT2D eigenvalue weighted by molar-refractivity contribution is 9.10. The minimum absolute atomic E-state index is 0. The molecular weight excluding hydrogens is 348 g/mol. The molecule has 1 aromatic rings. The molecule has 3 rings (SSSR count). The van der Waals surface area contributed by atoms with Crippen molar-refractivity contribution < 1.29 is 0 Å². The van der Waals surface area contributed by atoms with Gasteiger partial charge in [0.15, 0.2) is 0 Å². The highest BCUT2D eigenvalue weighted by atomic mass is 79.9. The predicted octanol–water partition coefficient (Wildman–Crippen LogP) is 4.05. The van der Waals surface area contributed by atoms with Crippen LogP contribution in [0.25, 0.3) is 0 Å². The zero-order valence-electron chi connectivity index (χ0n) is 12.8. The Hall–Kier alpha value is -0.0900. The van der Waals surface area contributed by atoms with Crippen LogP contribution < -0.4 is 5.32 Å². The molecule has 2 heterocycles. The molecule has 1 atom stereocenters. The standard InChI is InChI=1S/C17H25BrN2.ClH/c1-14(15-3-2-4-16(18)11-15)12-20-10-7-17(13-20)5-8-19-9-6-17;/h2-4,11,14,19H,5-10,12-13H2,1H3;1H. The van der Waals surface area contributed by atoms with Gasteiger partial charge in [-0.25, -0.2) is 0 Å². The van der Waals surface area contributed by atoms with Crippen LogP contribution in [0.15, 0.2) is 28.7 Å². The molecule has 1 spiro atoms. The van der Waals surface area contributed by atoms with Crippen molar-refractivity contribution in [2.24, 2.45) is 5.41 Å². The molecular formula is C17H26BrClN2. The average molecular weight is 374 g/mol. The highest BCUT2D eigenvalue weighted by Gasteiger charge is 2.38. The molecule has 2 aliphatic rings. The molecule has 0 aromatic heterocycles. The van der Waals surface area contributed by atoms with Crippen LogP contribution in [-0.2, 0) is 0 Å². The molecule has 2 fully saturated rings. The second-order valence-electron chi connectivity index (χ2n) is 6.69. The third-order valence-corrected chi connectivity index (χ3v) is 5.62. The lowest BCUT2D eigenvalue weighted by Gasteiger charge is -2.34. The third-order valence-electron chi connectivity index (χ3n) is 5.13. The van der Waals surface area contributed by atoms with Crippen LogP contribution >= 0.6 is 28.3 Å². The third kappa shape index (κ3) is 4.22. The zero-order chi connectivity index (χ0) is 14.0. The smallest absolute Gasteiger partial charge is 0.0178 e. The van der Waals surface area contributed by atoms with Gasteiger partial charge in [0.05, 0.1) is 0 Å². The first kappa shape index (κ1) is 17.3. The van der Waals surface area contributed by atoms with Gasteiger partial charge in [-0.15, -0.1) is 12.4 Å². The molecule has 0 saturated carbocycles. The lowest BCUT2D eigenvalue weighted by molar-refractivity contribution is 0.193. The van der Waals surface area contributed by atoms with Gasteiger partial charge < -0.3 is 10.2 Å². The fourth-order valence-electron chi connectivity index (χ4n) is 3.85. The van der Waals surface area contributed by atoms with Gasteiger partial charge in [-0.2, -0.15) is 0 Å². The fraction of sp³-hybridized carbons (Fsp3) is 0.647. The van der Waals surface area contributed by atoms with E-state index in [9.17, 15) is 0 Å². The number of likely N-dealkylation sites (tertiary alicyclic amines) is 1. The van der Waals surface area contributed by atoms with E-state index in [0.717, 1.165) is 0 Å². The van der Waals surface area contributed by atoms with Gasteiger partial charge in [0.25, 0.3) is 0 Å². The van der Waals surface area contributed by atoms with E-state index in [0.29, 0.717) is 11.3 Å². The number of nitrogens with zero attached hydrogens (tertiary/aromatic N) is 1. The summed E-state index contributed by atoms with van der Waals surface area (Å²) in [6.45, 7) is 8.59. The van der Waals surface area contributed by atoms with Gasteiger partial charge in [0.1, 0.15) is 0 Å². The van der Waals surface area contributed by atoms with Crippen molar-refractivity contribution >= 4 is 28.3 Å². The van der Waals surface area contributed by atoms with E-state index in [4.69, 9.17) is 0 Å². The van der Waals surface area contributed by atoms with Crippen molar-refractivity contribution in [3.05, 3.63) is 34.3 Å². The molecule has 0 radical (unpaired) electrons. The van der Waals surface area contributed by atoms with Gasteiger partial charge in [-0.3, -0.25) is 0 Å². The Bertz CT molecular complexity index is 460. The van der Waals surface area contributed by atoms with E-state index in [1.807, 2.05) is 0 Å². The van der Waals surface area contributed by atoms with Gasteiger partial charge >= 0.3 is 0 Å². The van der Waals surface area contributed by atoms with Crippen LogP contribution in [0.2, 0.25) is 0 Å². The lowest BCUT2D eigenvalue weighted by Crippen LogP contribution is -2.39. The van der Waals surface area contributed by atoms with Crippen LogP contribution in [0, 0.1) is 5.41 Å². The quantitative estimate of drug-likeness (QED) is 0.860. The van der Waals surface area contributed by atoms with E-state index < -0.39 is 0 Å². The van der Waals surface area contributed by atoms with Crippen LogP contribution in [0.4, 0.5) is 0 Å². The first-order valence-corrected chi connectivity index (χ1v) is 8.65. The van der Waals surface area contributed by atoms with E-state index in [1.54, 1.807) is 0 Å². The molecule has 0 bridgehead atoms. The summed E-state index contributed by atoms with van der Waals surface area (Å²) in [6, 6.07) is 8.77. The van der Waals surface area contributed by atoms with Crippen molar-refractivity contribution in [1.29, 1.82) is 0 Å². The number of benzene rings is 1. The summed E-state index contributed by atoms with van der Waals surface area (Å²) in [4.78, 5) is 2.69. The lowest BCUT2D eigenvalue weighted by atomic mass is 9.78. The predicted molar refractivity (Wildman–Crippen MR) is 95.4 cm³/mol. The van der Waals surface area contributed by atoms with Crippen LogP contribution in [-0.4, -0.2) is 37.6 Å². The number of halogens is 2. The number of rotatable bonds is 3. The van der Waals surface area contributed by atoms with Gasteiger partial charge in [-0.1, -0.05) is 35.0 Å². The first-order valence-electron chi connectivity index (χ1n) is 7.85. The Labute approximate surface area is 143 Å². The van der Waals surface area contributed by atoms with Crippen molar-refractivity contribution in [3.63, 3.8) is 0 Å². The molecule has 2 saturated heterocycles. The van der Waals surface area contributed by atoms with Crippen molar-refractivity contribution in [1.82, 2.24) is 10.2 Å². The minimum Gasteiger partial charge on any atom is -0.317 e. The molecule has 1 unspecified atom stereocenters. The van der Waals surface area contributed by atoms with Crippen molar-refractivity contribution in [3.8, 4) is 0 Å². The second-order valence-corrected chi connectivity index (χ2v) is 7.61. The Kier molecular flexibility index (Phi) is 6.13. The Morgan fingerprint density at radius 2 is 2.05 bits per heavy atom. The van der Waals surface area contributed by atoms with Crippen molar-refractivity contribution in [2.45, 2.75) is 32.1 Å². The molecule has 118 valence electrons. The van der Waals surface area contributed by atoms with E-state index in [2.05, 4.69) is 57.3 Å². The Morgan fingerprint density at radius 1 is 1.29 bits per heavy atom. The van der Waals surface area contributed by atoms with Gasteiger partial charge in [0.2, 0.25) is 0 Å². The fourth-order valence-corrected chi connectivity index (χ4v) is 4.27. The van der Waals surface area contributed by atoms with Gasteiger partial charge in [-0.05, 0) is 67.9 Å². The first-order chi connectivity index (χ1) is 9.67. The summed E-state index contributed by atoms with van der Waals surface area (Å²) in [7, 11) is 0. The van der Waals surface area contributed by atoms with E-state index >= 15 is 0 Å². The molecule has 0 amide bonds. The van der Waals surface area contributed by atoms with Crippen LogP contribution in [0.3, 0.4) is 0 Å². The molecule has 1 aromatic carbocycles. The molecule has 2 aliphatic heterocycles. The molecule has 2 nitrogen and oxygen atoms in total. The average Bonchev–Trinajstić information content (AvgIpc) is 2.82. The minimum atomic E-state index is 0. The number of hydrogen-bond donors (Lipinski definition) is 1. The maximum absolute atomic E-state index is 3.58. The monoisotopic (exact) mass is 372 g/mol. The summed E-state index contributed by atoms with van der Waals surface area (Å²) in [5.74, 6) is 0.615. The topological polar surface area (TPSA) is 15.3 Å². The molecule has 0 aliphatic carbocycles. The summed E-state index contributed by atoms with van der Waals surface area (Å²) in [5.41, 5.74) is 2.08. The van der Waals surface area contributed by atoms with Crippen LogP contribution in [0.1, 0.15) is 37.7 Å². The summed E-state index contributed by atoms with van der Waals surface area (Å²) in [6.07, 6.45) is 4.14. The number of piperidine rings is 1. The Balaban J connectivity index is 0.00000161. The van der Waals surface area contributed by atoms with Crippen molar-refractivity contribution in [2.75, 3.05) is 32.7 Å². The number of nitrogens with one attached hydrogen (secondary N) is 1. The number of hydrogen-bond acceptors (Lipinski definition) is 2. The molecule has 1 N–H and O–H groups in total. The van der Waals surface area contributed by atoms with Gasteiger partial charge in [0, 0.05) is 17.6 Å². The normalized spacial score (nSPS) is 23.0. The summed E-state index contributed by atoms with van der Waals surface area (Å²) < 4.78 is 1.19. The maximum Gasteiger partial charge on any atom is 0.0178 e. The zero-order valence-corrected chi connectivity index (χ0v) is 15.2. The van der Waals surface area contributed by atoms with E-state index in [-0.39, 0.29) is 12.4 Å². The maximum atomic E-state index is 3.58. The summed E-state index contributed by atoms with van der Waals surface area (Å²) in [5, 5.41) is 3.50. The molecule has 4 heteroatoms. The SMILES string of the molecule is CC(CN1CCC2(CCNCC2)C1)c1cccc(Br)c1.Cl. The largest absolute Gasteiger partial charge is 0.317 e.